The first-order valence-electron chi connectivity index (χ1n) is 3.51. The van der Waals surface area contributed by atoms with E-state index in [-0.39, 0.29) is 13.0 Å². The van der Waals surface area contributed by atoms with E-state index in [0.29, 0.717) is 6.29 Å². The van der Waals surface area contributed by atoms with Gasteiger partial charge in [0.15, 0.2) is 0 Å². The summed E-state index contributed by atoms with van der Waals surface area (Å²) in [5.74, 6) is -0.535. The van der Waals surface area contributed by atoms with Gasteiger partial charge in [-0.25, -0.2) is 0 Å². The van der Waals surface area contributed by atoms with Gasteiger partial charge in [-0.3, -0.25) is 4.79 Å². The Labute approximate surface area is 70.0 Å². The molecule has 0 saturated carbocycles. The summed E-state index contributed by atoms with van der Waals surface area (Å²) in [5, 5.41) is 18.0. The van der Waals surface area contributed by atoms with Crippen molar-refractivity contribution in [2.45, 2.75) is 25.6 Å². The summed E-state index contributed by atoms with van der Waals surface area (Å²) >= 11 is 0. The topological polar surface area (TPSA) is 83.8 Å². The van der Waals surface area contributed by atoms with Crippen LogP contribution in [0.5, 0.6) is 0 Å². The van der Waals surface area contributed by atoms with Crippen molar-refractivity contribution in [3.05, 3.63) is 0 Å². The fourth-order valence-corrected chi connectivity index (χ4v) is 0.569. The first kappa shape index (κ1) is 11.1. The van der Waals surface area contributed by atoms with Crippen LogP contribution in [0.2, 0.25) is 0 Å². The molecule has 0 rings (SSSR count). The van der Waals surface area contributed by atoms with E-state index in [4.69, 9.17) is 10.2 Å². The molecule has 0 aliphatic carbocycles. The minimum absolute atomic E-state index is 0.164. The van der Waals surface area contributed by atoms with Crippen LogP contribution >= 0.6 is 0 Å². The maximum atomic E-state index is 10.2. The van der Waals surface area contributed by atoms with Crippen molar-refractivity contribution >= 4 is 12.3 Å². The van der Waals surface area contributed by atoms with Crippen molar-refractivity contribution in [1.29, 1.82) is 0 Å². The fourth-order valence-electron chi connectivity index (χ4n) is 0.569. The van der Waals surface area contributed by atoms with Gasteiger partial charge in [0, 0.05) is 13.3 Å². The third-order valence-electron chi connectivity index (χ3n) is 1.24. The average molecular weight is 176 g/mol. The van der Waals surface area contributed by atoms with E-state index in [9.17, 15) is 9.59 Å². The molecule has 2 N–H and O–H groups in total. The number of aldehydes is 1. The summed E-state index contributed by atoms with van der Waals surface area (Å²) in [6, 6.07) is 0. The van der Waals surface area contributed by atoms with Gasteiger partial charge in [0.1, 0.15) is 19.0 Å². The molecular formula is C7H12O5. The first-order valence-corrected chi connectivity index (χ1v) is 3.51. The number of hydrogen-bond acceptors (Lipinski definition) is 5. The Hall–Kier alpha value is -0.940. The van der Waals surface area contributed by atoms with Crippen LogP contribution in [0.1, 0.15) is 13.3 Å². The number of carbonyl (C=O) groups is 2. The number of carbonyl (C=O) groups excluding carboxylic acids is 2. The largest absolute Gasteiger partial charge is 0.463 e. The Bertz CT molecular complexity index is 156. The monoisotopic (exact) mass is 176 g/mol. The molecule has 5 heteroatoms. The molecule has 70 valence electrons. The highest BCUT2D eigenvalue weighted by Gasteiger charge is 2.16. The molecule has 0 aromatic heterocycles. The smallest absolute Gasteiger partial charge is 0.302 e. The molecule has 12 heavy (non-hydrogen) atoms. The number of aliphatic hydroxyl groups excluding tert-OH is 2. The normalized spacial score (nSPS) is 14.9. The molecular weight excluding hydrogens is 164 g/mol. The van der Waals surface area contributed by atoms with E-state index in [0.717, 1.165) is 0 Å². The lowest BCUT2D eigenvalue weighted by Crippen LogP contribution is -2.31. The van der Waals surface area contributed by atoms with Crippen molar-refractivity contribution in [2.24, 2.45) is 0 Å². The second-order valence-corrected chi connectivity index (χ2v) is 2.34. The van der Waals surface area contributed by atoms with Gasteiger partial charge < -0.3 is 19.7 Å². The van der Waals surface area contributed by atoms with Crippen LogP contribution in [0.15, 0.2) is 0 Å². The molecule has 0 amide bonds. The van der Waals surface area contributed by atoms with Crippen LogP contribution in [0.4, 0.5) is 0 Å². The summed E-state index contributed by atoms with van der Waals surface area (Å²) in [6.07, 6.45) is -2.04. The standard InChI is InChI=1S/C7H12O5/c1-5(9)12-4-7(11)6(10)2-3-8/h3,6-7,10-11H,2,4H2,1H3/t6-,7+/m0/s1. The zero-order valence-corrected chi connectivity index (χ0v) is 6.77. The van der Waals surface area contributed by atoms with Gasteiger partial charge in [-0.05, 0) is 0 Å². The van der Waals surface area contributed by atoms with Gasteiger partial charge >= 0.3 is 5.97 Å². The molecule has 0 saturated heterocycles. The van der Waals surface area contributed by atoms with E-state index in [1.54, 1.807) is 0 Å². The fraction of sp³-hybridized carbons (Fsp3) is 0.714. The van der Waals surface area contributed by atoms with Crippen molar-refractivity contribution < 1.29 is 24.5 Å². The van der Waals surface area contributed by atoms with E-state index in [2.05, 4.69) is 4.74 Å². The third-order valence-corrected chi connectivity index (χ3v) is 1.24. The summed E-state index contributed by atoms with van der Waals surface area (Å²) in [6.45, 7) is 0.906. The molecule has 0 bridgehead atoms. The summed E-state index contributed by atoms with van der Waals surface area (Å²) in [7, 11) is 0. The Balaban J connectivity index is 3.62. The van der Waals surface area contributed by atoms with Gasteiger partial charge in [-0.15, -0.1) is 0 Å². The average Bonchev–Trinajstić information content (AvgIpc) is 2.00. The molecule has 0 aromatic rings. The Morgan fingerprint density at radius 1 is 1.50 bits per heavy atom. The predicted molar refractivity (Wildman–Crippen MR) is 39.3 cm³/mol. The van der Waals surface area contributed by atoms with E-state index < -0.39 is 18.2 Å². The van der Waals surface area contributed by atoms with Crippen LogP contribution in [0, 0.1) is 0 Å². The van der Waals surface area contributed by atoms with Crippen LogP contribution in [0.3, 0.4) is 0 Å². The summed E-state index contributed by atoms with van der Waals surface area (Å²) < 4.78 is 4.41. The highest BCUT2D eigenvalue weighted by atomic mass is 16.5. The van der Waals surface area contributed by atoms with Gasteiger partial charge in [-0.1, -0.05) is 0 Å². The van der Waals surface area contributed by atoms with Crippen LogP contribution < -0.4 is 0 Å². The number of esters is 1. The molecule has 5 nitrogen and oxygen atoms in total. The van der Waals surface area contributed by atoms with Gasteiger partial charge in [0.05, 0.1) is 6.10 Å². The third kappa shape index (κ3) is 4.81. The van der Waals surface area contributed by atoms with Crippen molar-refractivity contribution in [3.63, 3.8) is 0 Å². The Morgan fingerprint density at radius 3 is 2.50 bits per heavy atom. The molecule has 0 aromatic carbocycles. The van der Waals surface area contributed by atoms with Gasteiger partial charge in [0.25, 0.3) is 0 Å². The van der Waals surface area contributed by atoms with Crippen molar-refractivity contribution in [2.75, 3.05) is 6.61 Å². The maximum absolute atomic E-state index is 10.2. The van der Waals surface area contributed by atoms with Crippen molar-refractivity contribution in [1.82, 2.24) is 0 Å². The highest BCUT2D eigenvalue weighted by Crippen LogP contribution is 1.97. The second-order valence-electron chi connectivity index (χ2n) is 2.34. The first-order chi connectivity index (χ1) is 5.57. The molecule has 0 fully saturated rings. The lowest BCUT2D eigenvalue weighted by atomic mass is 10.2. The maximum Gasteiger partial charge on any atom is 0.302 e. The number of rotatable bonds is 5. The second kappa shape index (κ2) is 5.68. The molecule has 0 aliphatic heterocycles. The Kier molecular flexibility index (Phi) is 5.23. The number of ether oxygens (including phenoxy) is 1. The SMILES string of the molecule is CC(=O)OC[C@@H](O)[C@@H](O)CC=O. The molecule has 0 spiro atoms. The van der Waals surface area contributed by atoms with Gasteiger partial charge in [0.2, 0.25) is 0 Å². The molecule has 0 unspecified atom stereocenters. The molecule has 0 heterocycles. The highest BCUT2D eigenvalue weighted by molar-refractivity contribution is 5.65. The molecule has 0 aliphatic rings. The van der Waals surface area contributed by atoms with Crippen molar-refractivity contribution in [3.8, 4) is 0 Å². The van der Waals surface area contributed by atoms with Gasteiger partial charge in [-0.2, -0.15) is 0 Å². The lowest BCUT2D eigenvalue weighted by molar-refractivity contribution is -0.146. The summed E-state index contributed by atoms with van der Waals surface area (Å²) in [4.78, 5) is 20.1. The predicted octanol–water partition coefficient (Wildman–Crippen LogP) is -1.14. The van der Waals surface area contributed by atoms with Crippen LogP contribution in [-0.2, 0) is 14.3 Å². The minimum Gasteiger partial charge on any atom is -0.463 e. The van der Waals surface area contributed by atoms with E-state index in [1.165, 1.54) is 6.92 Å². The molecule has 2 atom stereocenters. The number of hydrogen-bond donors (Lipinski definition) is 2. The Morgan fingerprint density at radius 2 is 2.08 bits per heavy atom. The number of aliphatic hydroxyl groups is 2. The van der Waals surface area contributed by atoms with Crippen LogP contribution in [0.25, 0.3) is 0 Å². The lowest BCUT2D eigenvalue weighted by Gasteiger charge is -2.14. The zero-order valence-electron chi connectivity index (χ0n) is 6.77. The minimum atomic E-state index is -1.20. The van der Waals surface area contributed by atoms with E-state index in [1.807, 2.05) is 0 Å². The molecule has 0 radical (unpaired) electrons. The summed E-state index contributed by atoms with van der Waals surface area (Å²) in [5.41, 5.74) is 0. The zero-order chi connectivity index (χ0) is 9.56. The quantitative estimate of drug-likeness (QED) is 0.408. The van der Waals surface area contributed by atoms with Crippen LogP contribution in [-0.4, -0.2) is 41.3 Å². The van der Waals surface area contributed by atoms with E-state index >= 15 is 0 Å².